The summed E-state index contributed by atoms with van der Waals surface area (Å²) in [4.78, 5) is 45.9. The van der Waals surface area contributed by atoms with E-state index < -0.39 is 35.8 Å². The summed E-state index contributed by atoms with van der Waals surface area (Å²) >= 11 is 6.22. The van der Waals surface area contributed by atoms with Crippen molar-refractivity contribution >= 4 is 29.3 Å². The standard InChI is InChI=1S/C25H28ClN5O7/c1-4-37-22-16(11-27-25(30-22)38-5-2)18(10-19(32)33)28-24(36)29-20-21(34)14(3)12-31(23(20)35)13-15-8-6-7-9-17(15)26/h6-9,11-12,18,34H,4-5,10,13H2,1-3H3,(H,32,33)(H2,28,29,36)/t18-/m0/s1. The molecule has 1 atom stereocenters. The van der Waals surface area contributed by atoms with Gasteiger partial charge < -0.3 is 34.9 Å². The van der Waals surface area contributed by atoms with Crippen LogP contribution in [0.15, 0.2) is 41.5 Å². The first kappa shape index (κ1) is 28.3. The third kappa shape index (κ3) is 6.91. The number of aryl methyl sites for hydroxylation is 1. The van der Waals surface area contributed by atoms with Crippen molar-refractivity contribution in [1.29, 1.82) is 0 Å². The summed E-state index contributed by atoms with van der Waals surface area (Å²) in [6.45, 7) is 5.65. The number of ether oxygens (including phenoxy) is 2. The number of hydrogen-bond acceptors (Lipinski definition) is 8. The number of carboxylic acids is 1. The number of carbonyl (C=O) groups is 2. The number of rotatable bonds is 11. The van der Waals surface area contributed by atoms with Gasteiger partial charge in [-0.25, -0.2) is 9.78 Å². The molecule has 0 saturated heterocycles. The van der Waals surface area contributed by atoms with Crippen molar-refractivity contribution in [2.24, 2.45) is 0 Å². The molecule has 0 radical (unpaired) electrons. The average Bonchev–Trinajstić information content (AvgIpc) is 2.86. The molecule has 202 valence electrons. The summed E-state index contributed by atoms with van der Waals surface area (Å²) in [6.07, 6.45) is 2.21. The highest BCUT2D eigenvalue weighted by Gasteiger charge is 2.25. The molecule has 0 aliphatic rings. The lowest BCUT2D eigenvalue weighted by atomic mass is 10.1. The van der Waals surface area contributed by atoms with Gasteiger partial charge >= 0.3 is 18.0 Å². The highest BCUT2D eigenvalue weighted by Crippen LogP contribution is 2.28. The third-order valence-corrected chi connectivity index (χ3v) is 5.71. The van der Waals surface area contributed by atoms with Crippen LogP contribution in [0, 0.1) is 6.92 Å². The van der Waals surface area contributed by atoms with E-state index in [1.54, 1.807) is 45.0 Å². The molecule has 0 aliphatic carbocycles. The van der Waals surface area contributed by atoms with Crippen LogP contribution in [0.2, 0.25) is 5.02 Å². The molecule has 0 fully saturated rings. The second-order valence-electron chi connectivity index (χ2n) is 8.09. The number of nitrogens with zero attached hydrogens (tertiary/aromatic N) is 3. The van der Waals surface area contributed by atoms with E-state index in [0.717, 1.165) is 0 Å². The monoisotopic (exact) mass is 545 g/mol. The molecule has 0 saturated carbocycles. The van der Waals surface area contributed by atoms with E-state index in [0.29, 0.717) is 22.8 Å². The zero-order chi connectivity index (χ0) is 27.8. The summed E-state index contributed by atoms with van der Waals surface area (Å²) in [6, 6.07) is 4.93. The number of benzene rings is 1. The Hall–Kier alpha value is -4.32. The predicted octanol–water partition coefficient (Wildman–Crippen LogP) is 3.49. The Bertz CT molecular complexity index is 1380. The second-order valence-corrected chi connectivity index (χ2v) is 8.50. The molecule has 1 aromatic carbocycles. The van der Waals surface area contributed by atoms with Crippen LogP contribution >= 0.6 is 11.6 Å². The van der Waals surface area contributed by atoms with Crippen molar-refractivity contribution in [2.45, 2.75) is 39.8 Å². The normalized spacial score (nSPS) is 11.5. The zero-order valence-corrected chi connectivity index (χ0v) is 21.8. The van der Waals surface area contributed by atoms with Crippen molar-refractivity contribution in [3.8, 4) is 17.6 Å². The van der Waals surface area contributed by atoms with Crippen LogP contribution in [0.4, 0.5) is 10.5 Å². The third-order valence-electron chi connectivity index (χ3n) is 5.34. The minimum Gasteiger partial charge on any atom is -0.505 e. The fourth-order valence-corrected chi connectivity index (χ4v) is 3.80. The summed E-state index contributed by atoms with van der Waals surface area (Å²) in [7, 11) is 0. The lowest BCUT2D eigenvalue weighted by molar-refractivity contribution is -0.137. The molecule has 0 aliphatic heterocycles. The first-order chi connectivity index (χ1) is 18.1. The lowest BCUT2D eigenvalue weighted by Crippen LogP contribution is -2.36. The van der Waals surface area contributed by atoms with Crippen LogP contribution in [0.3, 0.4) is 0 Å². The molecule has 13 heteroatoms. The maximum Gasteiger partial charge on any atom is 0.319 e. The Morgan fingerprint density at radius 3 is 2.55 bits per heavy atom. The fraction of sp³-hybridized carbons (Fsp3) is 0.320. The van der Waals surface area contributed by atoms with E-state index in [-0.39, 0.29) is 36.3 Å². The Morgan fingerprint density at radius 1 is 1.18 bits per heavy atom. The molecule has 12 nitrogen and oxygen atoms in total. The van der Waals surface area contributed by atoms with E-state index in [2.05, 4.69) is 20.6 Å². The highest BCUT2D eigenvalue weighted by molar-refractivity contribution is 6.31. The Balaban J connectivity index is 1.91. The molecule has 0 spiro atoms. The quantitative estimate of drug-likeness (QED) is 0.282. The molecule has 2 amide bonds. The summed E-state index contributed by atoms with van der Waals surface area (Å²) in [5.41, 5.74) is 0.122. The van der Waals surface area contributed by atoms with E-state index in [1.807, 2.05) is 0 Å². The van der Waals surface area contributed by atoms with Gasteiger partial charge in [0.05, 0.1) is 37.8 Å². The second kappa shape index (κ2) is 12.8. The molecule has 4 N–H and O–H groups in total. The molecule has 2 aromatic heterocycles. The van der Waals surface area contributed by atoms with Gasteiger partial charge in [-0.3, -0.25) is 9.59 Å². The van der Waals surface area contributed by atoms with Crippen molar-refractivity contribution in [3.63, 3.8) is 0 Å². The number of aliphatic carboxylic acids is 1. The average molecular weight is 546 g/mol. The van der Waals surface area contributed by atoms with Crippen LogP contribution < -0.4 is 25.7 Å². The van der Waals surface area contributed by atoms with Gasteiger partial charge in [0.2, 0.25) is 5.88 Å². The number of anilines is 1. The number of carbonyl (C=O) groups excluding carboxylic acids is 1. The lowest BCUT2D eigenvalue weighted by Gasteiger charge is -2.20. The number of aromatic nitrogens is 3. The summed E-state index contributed by atoms with van der Waals surface area (Å²) < 4.78 is 12.1. The van der Waals surface area contributed by atoms with Crippen LogP contribution in [-0.2, 0) is 11.3 Å². The molecule has 3 aromatic rings. The fourth-order valence-electron chi connectivity index (χ4n) is 3.61. The van der Waals surface area contributed by atoms with Gasteiger partial charge in [0.25, 0.3) is 5.56 Å². The Labute approximate surface area is 223 Å². The molecular formula is C25H28ClN5O7. The SMILES string of the molecule is CCOc1ncc([C@H](CC(=O)O)NC(=O)Nc2c(O)c(C)cn(Cc3ccccc3Cl)c2=O)c(OCC)n1. The van der Waals surface area contributed by atoms with Crippen LogP contribution in [-0.4, -0.2) is 50.0 Å². The van der Waals surface area contributed by atoms with E-state index in [1.165, 1.54) is 17.0 Å². The molecule has 3 rings (SSSR count). The van der Waals surface area contributed by atoms with Gasteiger partial charge in [-0.05, 0) is 32.4 Å². The van der Waals surface area contributed by atoms with Gasteiger partial charge in [0.15, 0.2) is 5.69 Å². The summed E-state index contributed by atoms with van der Waals surface area (Å²) in [5, 5.41) is 25.3. The van der Waals surface area contributed by atoms with Gasteiger partial charge in [0.1, 0.15) is 5.75 Å². The number of pyridine rings is 1. The number of amides is 2. The van der Waals surface area contributed by atoms with E-state index >= 15 is 0 Å². The molecular weight excluding hydrogens is 518 g/mol. The maximum atomic E-state index is 13.1. The van der Waals surface area contributed by atoms with Crippen molar-refractivity contribution in [2.75, 3.05) is 18.5 Å². The predicted molar refractivity (Wildman–Crippen MR) is 139 cm³/mol. The van der Waals surface area contributed by atoms with Crippen LogP contribution in [0.25, 0.3) is 0 Å². The van der Waals surface area contributed by atoms with Gasteiger partial charge in [-0.15, -0.1) is 0 Å². The minimum atomic E-state index is -1.22. The number of nitrogens with one attached hydrogen (secondary N) is 2. The van der Waals surface area contributed by atoms with Crippen molar-refractivity contribution in [3.05, 3.63) is 68.7 Å². The molecule has 0 bridgehead atoms. The minimum absolute atomic E-state index is 0.0296. The maximum absolute atomic E-state index is 13.1. The van der Waals surface area contributed by atoms with Gasteiger partial charge in [0, 0.05) is 23.0 Å². The van der Waals surface area contributed by atoms with Gasteiger partial charge in [-0.2, -0.15) is 4.98 Å². The first-order valence-electron chi connectivity index (χ1n) is 11.7. The van der Waals surface area contributed by atoms with Gasteiger partial charge in [-0.1, -0.05) is 29.8 Å². The van der Waals surface area contributed by atoms with E-state index in [9.17, 15) is 24.6 Å². The zero-order valence-electron chi connectivity index (χ0n) is 21.0. The topological polar surface area (TPSA) is 165 Å². The first-order valence-corrected chi connectivity index (χ1v) is 12.1. The number of halogens is 1. The Morgan fingerprint density at radius 2 is 1.89 bits per heavy atom. The number of aromatic hydroxyl groups is 1. The van der Waals surface area contributed by atoms with Crippen molar-refractivity contribution < 1.29 is 29.3 Å². The molecule has 38 heavy (non-hydrogen) atoms. The number of urea groups is 1. The smallest absolute Gasteiger partial charge is 0.319 e. The van der Waals surface area contributed by atoms with Crippen LogP contribution in [0.5, 0.6) is 17.6 Å². The summed E-state index contributed by atoms with van der Waals surface area (Å²) in [5.74, 6) is -1.60. The number of hydrogen-bond donors (Lipinski definition) is 4. The Kier molecular flexibility index (Phi) is 9.49. The molecule has 0 unspecified atom stereocenters. The number of carboxylic acid groups (broad SMARTS) is 1. The van der Waals surface area contributed by atoms with Crippen LogP contribution in [0.1, 0.15) is 43.0 Å². The molecule has 2 heterocycles. The highest BCUT2D eigenvalue weighted by atomic mass is 35.5. The largest absolute Gasteiger partial charge is 0.505 e. The van der Waals surface area contributed by atoms with E-state index in [4.69, 9.17) is 21.1 Å². The van der Waals surface area contributed by atoms with Crippen molar-refractivity contribution in [1.82, 2.24) is 19.9 Å².